The van der Waals surface area contributed by atoms with Gasteiger partial charge in [-0.1, -0.05) is 6.07 Å². The summed E-state index contributed by atoms with van der Waals surface area (Å²) in [7, 11) is -3.70. The number of nitriles is 1. The van der Waals surface area contributed by atoms with Gasteiger partial charge in [0.15, 0.2) is 0 Å². The van der Waals surface area contributed by atoms with Gasteiger partial charge in [0.25, 0.3) is 0 Å². The Hall–Kier alpha value is -2.89. The summed E-state index contributed by atoms with van der Waals surface area (Å²) in [5.41, 5.74) is 0.968. The molecule has 2 aromatic rings. The van der Waals surface area contributed by atoms with Gasteiger partial charge in [0.05, 0.1) is 23.1 Å². The maximum atomic E-state index is 12.4. The van der Waals surface area contributed by atoms with Crippen molar-refractivity contribution in [2.45, 2.75) is 18.7 Å². The fourth-order valence-electron chi connectivity index (χ4n) is 2.47. The van der Waals surface area contributed by atoms with Crippen LogP contribution in [0.25, 0.3) is 0 Å². The van der Waals surface area contributed by atoms with Crippen LogP contribution in [0.5, 0.6) is 5.75 Å². The zero-order valence-electron chi connectivity index (χ0n) is 15.2. The van der Waals surface area contributed by atoms with Crippen LogP contribution in [-0.4, -0.2) is 34.0 Å². The lowest BCUT2D eigenvalue weighted by Crippen LogP contribution is -2.37. The van der Waals surface area contributed by atoms with Crippen LogP contribution in [0.15, 0.2) is 53.4 Å². The molecule has 0 saturated carbocycles. The van der Waals surface area contributed by atoms with Gasteiger partial charge in [0.2, 0.25) is 15.9 Å². The molecule has 0 aliphatic rings. The molecule has 2 aromatic carbocycles. The highest BCUT2D eigenvalue weighted by Gasteiger charge is 2.16. The zero-order valence-corrected chi connectivity index (χ0v) is 16.0. The van der Waals surface area contributed by atoms with Gasteiger partial charge in [-0.2, -0.15) is 5.26 Å². The lowest BCUT2D eigenvalue weighted by molar-refractivity contribution is -0.116. The molecule has 0 atom stereocenters. The summed E-state index contributed by atoms with van der Waals surface area (Å²) in [6.07, 6.45) is 0. The fraction of sp³-hybridized carbons (Fsp3) is 0.263. The van der Waals surface area contributed by atoms with Crippen molar-refractivity contribution in [2.24, 2.45) is 0 Å². The normalized spacial score (nSPS) is 10.9. The summed E-state index contributed by atoms with van der Waals surface area (Å²) in [6, 6.07) is 14.7. The number of carbonyl (C=O) groups excluding carboxylic acids is 1. The Morgan fingerprint density at radius 2 is 1.93 bits per heavy atom. The molecule has 0 radical (unpaired) electrons. The number of sulfonamides is 1. The molecule has 0 saturated heterocycles. The third kappa shape index (κ3) is 5.54. The number of amides is 1. The van der Waals surface area contributed by atoms with Crippen molar-refractivity contribution in [1.82, 2.24) is 4.72 Å². The van der Waals surface area contributed by atoms with E-state index in [0.717, 1.165) is 0 Å². The minimum absolute atomic E-state index is 0.0336. The predicted molar refractivity (Wildman–Crippen MR) is 102 cm³/mol. The van der Waals surface area contributed by atoms with E-state index in [1.165, 1.54) is 24.0 Å². The molecule has 0 aliphatic carbocycles. The number of nitrogens with zero attached hydrogens (tertiary/aromatic N) is 2. The highest BCUT2D eigenvalue weighted by Crippen LogP contribution is 2.17. The van der Waals surface area contributed by atoms with Crippen LogP contribution in [0, 0.1) is 11.3 Å². The fourth-order valence-corrected chi connectivity index (χ4v) is 3.49. The molecule has 0 unspecified atom stereocenters. The molecule has 0 fully saturated rings. The van der Waals surface area contributed by atoms with Crippen molar-refractivity contribution in [3.63, 3.8) is 0 Å². The standard InChI is InChI=1S/C19H21N3O4S/c1-3-26-18-7-9-19(10-8-18)27(24,25)21-11-12-22(15(2)23)17-6-4-5-16(13-17)14-20/h4-10,13,21H,3,11-12H2,1-2H3. The first-order valence-electron chi connectivity index (χ1n) is 8.38. The van der Waals surface area contributed by atoms with E-state index in [2.05, 4.69) is 4.72 Å². The van der Waals surface area contributed by atoms with Crippen LogP contribution in [-0.2, 0) is 14.8 Å². The third-order valence-electron chi connectivity index (χ3n) is 3.74. The second-order valence-electron chi connectivity index (χ2n) is 5.63. The predicted octanol–water partition coefficient (Wildman–Crippen LogP) is 2.29. The molecule has 142 valence electrons. The Kier molecular flexibility index (Phi) is 6.93. The van der Waals surface area contributed by atoms with E-state index >= 15 is 0 Å². The van der Waals surface area contributed by atoms with Gasteiger partial charge in [-0.05, 0) is 49.4 Å². The number of rotatable bonds is 8. The Morgan fingerprint density at radius 3 is 2.52 bits per heavy atom. The van der Waals surface area contributed by atoms with Crippen molar-refractivity contribution in [2.75, 3.05) is 24.6 Å². The van der Waals surface area contributed by atoms with Gasteiger partial charge in [-0.25, -0.2) is 13.1 Å². The molecule has 0 heterocycles. The smallest absolute Gasteiger partial charge is 0.240 e. The van der Waals surface area contributed by atoms with Gasteiger partial charge >= 0.3 is 0 Å². The van der Waals surface area contributed by atoms with Gasteiger partial charge < -0.3 is 9.64 Å². The van der Waals surface area contributed by atoms with E-state index in [4.69, 9.17) is 10.00 Å². The zero-order chi connectivity index (χ0) is 19.9. The van der Waals surface area contributed by atoms with Crippen LogP contribution < -0.4 is 14.4 Å². The lowest BCUT2D eigenvalue weighted by atomic mass is 10.2. The second kappa shape index (κ2) is 9.16. The molecule has 1 N–H and O–H groups in total. The van der Waals surface area contributed by atoms with Crippen LogP contribution in [0.4, 0.5) is 5.69 Å². The summed E-state index contributed by atoms with van der Waals surface area (Å²) < 4.78 is 32.6. The van der Waals surface area contributed by atoms with Crippen LogP contribution in [0.3, 0.4) is 0 Å². The molecular weight excluding hydrogens is 366 g/mol. The number of hydrogen-bond donors (Lipinski definition) is 1. The van der Waals surface area contributed by atoms with E-state index in [9.17, 15) is 13.2 Å². The van der Waals surface area contributed by atoms with Crippen LogP contribution in [0.2, 0.25) is 0 Å². The van der Waals surface area contributed by atoms with E-state index in [1.807, 2.05) is 13.0 Å². The first-order chi connectivity index (χ1) is 12.9. The second-order valence-corrected chi connectivity index (χ2v) is 7.40. The quantitative estimate of drug-likeness (QED) is 0.749. The number of benzene rings is 2. The highest BCUT2D eigenvalue weighted by molar-refractivity contribution is 7.89. The topological polar surface area (TPSA) is 99.5 Å². The van der Waals surface area contributed by atoms with Crippen molar-refractivity contribution >= 4 is 21.6 Å². The molecule has 2 rings (SSSR count). The van der Waals surface area contributed by atoms with Crippen molar-refractivity contribution < 1.29 is 17.9 Å². The van der Waals surface area contributed by atoms with Crippen LogP contribution >= 0.6 is 0 Å². The summed E-state index contributed by atoms with van der Waals surface area (Å²) in [5, 5.41) is 8.99. The van der Waals surface area contributed by atoms with Crippen LogP contribution in [0.1, 0.15) is 19.4 Å². The molecule has 0 aromatic heterocycles. The number of carbonyl (C=O) groups is 1. The largest absolute Gasteiger partial charge is 0.494 e. The minimum Gasteiger partial charge on any atom is -0.494 e. The molecule has 8 heteroatoms. The Bertz CT molecular complexity index is 934. The molecule has 0 spiro atoms. The summed E-state index contributed by atoms with van der Waals surface area (Å²) >= 11 is 0. The number of hydrogen-bond acceptors (Lipinski definition) is 5. The van der Waals surface area contributed by atoms with E-state index in [0.29, 0.717) is 23.6 Å². The summed E-state index contributed by atoms with van der Waals surface area (Å²) in [6.45, 7) is 3.91. The third-order valence-corrected chi connectivity index (χ3v) is 5.22. The minimum atomic E-state index is -3.70. The molecule has 7 nitrogen and oxygen atoms in total. The van der Waals surface area contributed by atoms with Crippen molar-refractivity contribution in [3.05, 3.63) is 54.1 Å². The molecular formula is C19H21N3O4S. The average Bonchev–Trinajstić information content (AvgIpc) is 2.65. The Balaban J connectivity index is 2.05. The molecule has 27 heavy (non-hydrogen) atoms. The summed E-state index contributed by atoms with van der Waals surface area (Å²) in [5.74, 6) is 0.349. The first-order valence-corrected chi connectivity index (χ1v) is 9.86. The maximum Gasteiger partial charge on any atom is 0.240 e. The molecule has 0 aliphatic heterocycles. The van der Waals surface area contributed by atoms with Crippen molar-refractivity contribution in [3.8, 4) is 11.8 Å². The number of ether oxygens (including phenoxy) is 1. The van der Waals surface area contributed by atoms with Gasteiger partial charge in [0.1, 0.15) is 5.75 Å². The SMILES string of the molecule is CCOc1ccc(S(=O)(=O)NCCN(C(C)=O)c2cccc(C#N)c2)cc1. The Morgan fingerprint density at radius 1 is 1.22 bits per heavy atom. The average molecular weight is 387 g/mol. The van der Waals surface area contributed by atoms with Crippen molar-refractivity contribution in [1.29, 1.82) is 5.26 Å². The number of nitrogens with one attached hydrogen (secondary N) is 1. The number of anilines is 1. The Labute approximate surface area is 159 Å². The van der Waals surface area contributed by atoms with Gasteiger partial charge in [-0.15, -0.1) is 0 Å². The highest BCUT2D eigenvalue weighted by atomic mass is 32.2. The maximum absolute atomic E-state index is 12.4. The van der Waals surface area contributed by atoms with E-state index in [1.54, 1.807) is 36.4 Å². The van der Waals surface area contributed by atoms with E-state index < -0.39 is 10.0 Å². The summed E-state index contributed by atoms with van der Waals surface area (Å²) in [4.78, 5) is 13.5. The molecule has 0 bridgehead atoms. The molecule has 1 amide bonds. The lowest BCUT2D eigenvalue weighted by Gasteiger charge is -2.21. The van der Waals surface area contributed by atoms with E-state index in [-0.39, 0.29) is 23.9 Å². The van der Waals surface area contributed by atoms with Gasteiger partial charge in [0, 0.05) is 25.7 Å². The first kappa shape index (κ1) is 20.4. The van der Waals surface area contributed by atoms with Gasteiger partial charge in [-0.3, -0.25) is 4.79 Å². The monoisotopic (exact) mass is 387 g/mol.